The van der Waals surface area contributed by atoms with Gasteiger partial charge >= 0.3 is 0 Å². The Kier molecular flexibility index (Phi) is 5.86. The summed E-state index contributed by atoms with van der Waals surface area (Å²) in [7, 11) is 3.51. The van der Waals surface area contributed by atoms with E-state index in [2.05, 4.69) is 10.3 Å². The van der Waals surface area contributed by atoms with Crippen LogP contribution in [0.25, 0.3) is 0 Å². The maximum absolute atomic E-state index is 13.0. The molecule has 140 valence electrons. The first-order valence-electron chi connectivity index (χ1n) is 8.72. The van der Waals surface area contributed by atoms with Crippen molar-refractivity contribution in [1.82, 2.24) is 14.9 Å². The number of benzene rings is 2. The molecule has 0 aliphatic carbocycles. The molecular weight excluding hydrogens is 345 g/mol. The Hall–Kier alpha value is -3.15. The minimum Gasteiger partial charge on any atom is -0.497 e. The molecular formula is C21H22FN3O2. The number of hydrogen-bond acceptors (Lipinski definition) is 3. The summed E-state index contributed by atoms with van der Waals surface area (Å²) in [5.41, 5.74) is 1.84. The number of ether oxygens (including phenoxy) is 1. The molecule has 0 saturated heterocycles. The lowest BCUT2D eigenvalue weighted by atomic mass is 10.0. The summed E-state index contributed by atoms with van der Waals surface area (Å²) in [5.74, 6) is 1.12. The zero-order valence-electron chi connectivity index (χ0n) is 15.4. The van der Waals surface area contributed by atoms with E-state index in [4.69, 9.17) is 4.74 Å². The van der Waals surface area contributed by atoms with Crippen LogP contribution in [-0.2, 0) is 18.3 Å². The van der Waals surface area contributed by atoms with Gasteiger partial charge in [-0.25, -0.2) is 9.37 Å². The fourth-order valence-corrected chi connectivity index (χ4v) is 2.89. The molecule has 0 bridgehead atoms. The molecule has 0 spiro atoms. The van der Waals surface area contributed by atoms with E-state index in [1.807, 2.05) is 42.1 Å². The van der Waals surface area contributed by atoms with Gasteiger partial charge in [-0.05, 0) is 41.8 Å². The fraction of sp³-hybridized carbons (Fsp3) is 0.238. The number of halogens is 1. The third-order valence-electron chi connectivity index (χ3n) is 4.43. The van der Waals surface area contributed by atoms with Crippen LogP contribution in [0.5, 0.6) is 5.75 Å². The summed E-state index contributed by atoms with van der Waals surface area (Å²) in [6, 6.07) is 13.4. The number of carbonyl (C=O) groups excluding carboxylic acids is 1. The molecule has 1 N–H and O–H groups in total. The van der Waals surface area contributed by atoms with E-state index in [1.165, 1.54) is 12.1 Å². The molecule has 1 heterocycles. The number of carbonyl (C=O) groups is 1. The molecule has 0 fully saturated rings. The number of nitrogens with zero attached hydrogens (tertiary/aromatic N) is 2. The summed E-state index contributed by atoms with van der Waals surface area (Å²) in [6.07, 6.45) is 4.40. The molecule has 1 amide bonds. The van der Waals surface area contributed by atoms with E-state index in [1.54, 1.807) is 25.4 Å². The van der Waals surface area contributed by atoms with Crippen molar-refractivity contribution in [3.63, 3.8) is 0 Å². The number of aryl methyl sites for hydroxylation is 2. The van der Waals surface area contributed by atoms with E-state index >= 15 is 0 Å². The van der Waals surface area contributed by atoms with Gasteiger partial charge in [0, 0.05) is 25.9 Å². The number of hydrogen-bond donors (Lipinski definition) is 1. The van der Waals surface area contributed by atoms with Crippen molar-refractivity contribution in [2.24, 2.45) is 7.05 Å². The lowest BCUT2D eigenvalue weighted by Crippen LogP contribution is -2.31. The first-order chi connectivity index (χ1) is 13.1. The highest BCUT2D eigenvalue weighted by atomic mass is 19.1. The van der Waals surface area contributed by atoms with Crippen molar-refractivity contribution in [2.45, 2.75) is 18.9 Å². The maximum atomic E-state index is 13.0. The average Bonchev–Trinajstić information content (AvgIpc) is 3.11. The van der Waals surface area contributed by atoms with Crippen LogP contribution >= 0.6 is 0 Å². The Labute approximate surface area is 157 Å². The molecule has 0 aliphatic rings. The van der Waals surface area contributed by atoms with Gasteiger partial charge in [0.15, 0.2) is 0 Å². The zero-order valence-corrected chi connectivity index (χ0v) is 15.4. The minimum atomic E-state index is -0.364. The first kappa shape index (κ1) is 18.6. The predicted octanol–water partition coefficient (Wildman–Crippen LogP) is 3.41. The summed E-state index contributed by atoms with van der Waals surface area (Å²) >= 11 is 0. The highest BCUT2D eigenvalue weighted by Crippen LogP contribution is 2.23. The van der Waals surface area contributed by atoms with Crippen LogP contribution in [0.3, 0.4) is 0 Å². The molecule has 3 aromatic rings. The fourth-order valence-electron chi connectivity index (χ4n) is 2.89. The molecule has 1 aromatic heterocycles. The smallest absolute Gasteiger partial charge is 0.221 e. The Bertz CT molecular complexity index is 889. The third-order valence-corrected chi connectivity index (χ3v) is 4.43. The molecule has 6 heteroatoms. The second kappa shape index (κ2) is 8.49. The topological polar surface area (TPSA) is 56.1 Å². The Morgan fingerprint density at radius 3 is 2.48 bits per heavy atom. The van der Waals surface area contributed by atoms with Gasteiger partial charge in [-0.3, -0.25) is 4.79 Å². The SMILES string of the molecule is COc1ccc(C(NC(=O)CCc2ccc(F)cc2)c2nccn2C)cc1. The zero-order chi connectivity index (χ0) is 19.2. The van der Waals surface area contributed by atoms with Crippen LogP contribution in [-0.4, -0.2) is 22.6 Å². The molecule has 3 rings (SSSR count). The quantitative estimate of drug-likeness (QED) is 0.696. The molecule has 1 atom stereocenters. The van der Waals surface area contributed by atoms with Crippen LogP contribution in [0.4, 0.5) is 4.39 Å². The highest BCUT2D eigenvalue weighted by Gasteiger charge is 2.20. The number of methoxy groups -OCH3 is 1. The van der Waals surface area contributed by atoms with Crippen LogP contribution < -0.4 is 10.1 Å². The van der Waals surface area contributed by atoms with E-state index in [-0.39, 0.29) is 17.8 Å². The number of aromatic nitrogens is 2. The molecule has 27 heavy (non-hydrogen) atoms. The number of rotatable bonds is 7. The second-order valence-corrected chi connectivity index (χ2v) is 6.30. The Morgan fingerprint density at radius 1 is 1.19 bits per heavy atom. The largest absolute Gasteiger partial charge is 0.497 e. The van der Waals surface area contributed by atoms with Gasteiger partial charge in [-0.2, -0.15) is 0 Å². The minimum absolute atomic E-state index is 0.0943. The Balaban J connectivity index is 1.73. The van der Waals surface area contributed by atoms with E-state index < -0.39 is 0 Å². The van der Waals surface area contributed by atoms with Crippen molar-refractivity contribution < 1.29 is 13.9 Å². The van der Waals surface area contributed by atoms with Gasteiger partial charge in [0.25, 0.3) is 0 Å². The predicted molar refractivity (Wildman–Crippen MR) is 101 cm³/mol. The van der Waals surface area contributed by atoms with Gasteiger partial charge in [-0.15, -0.1) is 0 Å². The molecule has 0 aliphatic heterocycles. The number of imidazole rings is 1. The van der Waals surface area contributed by atoms with Crippen molar-refractivity contribution in [3.05, 3.63) is 83.7 Å². The van der Waals surface area contributed by atoms with Crippen LogP contribution in [0.2, 0.25) is 0 Å². The van der Waals surface area contributed by atoms with E-state index in [0.29, 0.717) is 12.8 Å². The van der Waals surface area contributed by atoms with Crippen LogP contribution in [0.15, 0.2) is 60.9 Å². The van der Waals surface area contributed by atoms with Gasteiger partial charge in [0.1, 0.15) is 23.4 Å². The van der Waals surface area contributed by atoms with Crippen LogP contribution in [0.1, 0.15) is 29.4 Å². The normalized spacial score (nSPS) is 11.8. The summed E-state index contributed by atoms with van der Waals surface area (Å²) < 4.78 is 20.1. The maximum Gasteiger partial charge on any atom is 0.221 e. The standard InChI is InChI=1S/C21H22FN3O2/c1-25-14-13-23-21(25)20(16-6-10-18(27-2)11-7-16)24-19(26)12-5-15-3-8-17(22)9-4-15/h3-4,6-11,13-14,20H,5,12H2,1-2H3,(H,24,26). The molecule has 2 aromatic carbocycles. The number of nitrogens with one attached hydrogen (secondary N) is 1. The second-order valence-electron chi connectivity index (χ2n) is 6.30. The third kappa shape index (κ3) is 4.73. The highest BCUT2D eigenvalue weighted by molar-refractivity contribution is 5.77. The van der Waals surface area contributed by atoms with Crippen molar-refractivity contribution >= 4 is 5.91 Å². The van der Waals surface area contributed by atoms with Crippen molar-refractivity contribution in [3.8, 4) is 5.75 Å². The van der Waals surface area contributed by atoms with Crippen LogP contribution in [0, 0.1) is 5.82 Å². The van der Waals surface area contributed by atoms with Crippen molar-refractivity contribution in [1.29, 1.82) is 0 Å². The van der Waals surface area contributed by atoms with Crippen molar-refractivity contribution in [2.75, 3.05) is 7.11 Å². The van der Waals surface area contributed by atoms with Gasteiger partial charge in [-0.1, -0.05) is 24.3 Å². The lowest BCUT2D eigenvalue weighted by Gasteiger charge is -2.19. The molecule has 0 saturated carbocycles. The van der Waals surface area contributed by atoms with Gasteiger partial charge in [0.2, 0.25) is 5.91 Å². The monoisotopic (exact) mass is 367 g/mol. The Morgan fingerprint density at radius 2 is 1.89 bits per heavy atom. The van der Waals surface area contributed by atoms with E-state index in [0.717, 1.165) is 22.7 Å². The lowest BCUT2D eigenvalue weighted by molar-refractivity contribution is -0.121. The first-order valence-corrected chi connectivity index (χ1v) is 8.72. The van der Waals surface area contributed by atoms with Gasteiger partial charge < -0.3 is 14.6 Å². The van der Waals surface area contributed by atoms with E-state index in [9.17, 15) is 9.18 Å². The molecule has 1 unspecified atom stereocenters. The summed E-state index contributed by atoms with van der Waals surface area (Å²) in [5, 5.41) is 3.06. The van der Waals surface area contributed by atoms with Gasteiger partial charge in [0.05, 0.1) is 7.11 Å². The summed E-state index contributed by atoms with van der Waals surface area (Å²) in [6.45, 7) is 0. The average molecular weight is 367 g/mol. The number of amides is 1. The summed E-state index contributed by atoms with van der Waals surface area (Å²) in [4.78, 5) is 16.9. The molecule has 0 radical (unpaired) electrons. The molecule has 5 nitrogen and oxygen atoms in total.